The first-order valence-electron chi connectivity index (χ1n) is 6.64. The number of rotatable bonds is 5. The second kappa shape index (κ2) is 5.98. The van der Waals surface area contributed by atoms with Crippen LogP contribution in [-0.4, -0.2) is 24.9 Å². The van der Waals surface area contributed by atoms with Crippen LogP contribution in [0.25, 0.3) is 0 Å². The van der Waals surface area contributed by atoms with E-state index in [0.717, 1.165) is 17.1 Å². The fourth-order valence-corrected chi connectivity index (χ4v) is 2.20. The molecule has 5 heteroatoms. The minimum Gasteiger partial charge on any atom is -0.486 e. The van der Waals surface area contributed by atoms with Crippen LogP contribution in [0.5, 0.6) is 11.5 Å². The fraction of sp³-hybridized carbons (Fsp3) is 0.333. The number of nitrogens with one attached hydrogen (secondary N) is 1. The molecule has 0 radical (unpaired) electrons. The highest BCUT2D eigenvalue weighted by atomic mass is 16.6. The van der Waals surface area contributed by atoms with Crippen molar-refractivity contribution in [3.8, 4) is 11.5 Å². The van der Waals surface area contributed by atoms with Crippen LogP contribution in [0.15, 0.2) is 41.0 Å². The van der Waals surface area contributed by atoms with Crippen LogP contribution in [0.2, 0.25) is 0 Å². The third-order valence-corrected chi connectivity index (χ3v) is 3.17. The molecular weight excluding hydrogens is 258 g/mol. The molecule has 106 valence electrons. The summed E-state index contributed by atoms with van der Waals surface area (Å²) in [6, 6.07) is 9.34. The SMILES string of the molecule is OC(CNCc1cccc2c1OCCO2)c1ccco1. The minimum atomic E-state index is -0.651. The Morgan fingerprint density at radius 2 is 2.05 bits per heavy atom. The van der Waals surface area contributed by atoms with E-state index in [9.17, 15) is 5.11 Å². The summed E-state index contributed by atoms with van der Waals surface area (Å²) >= 11 is 0. The highest BCUT2D eigenvalue weighted by Gasteiger charge is 2.16. The van der Waals surface area contributed by atoms with Gasteiger partial charge in [-0.3, -0.25) is 0 Å². The predicted molar refractivity (Wildman–Crippen MR) is 72.8 cm³/mol. The zero-order valence-electron chi connectivity index (χ0n) is 11.0. The van der Waals surface area contributed by atoms with Gasteiger partial charge < -0.3 is 24.3 Å². The normalized spacial score (nSPS) is 15.1. The lowest BCUT2D eigenvalue weighted by Crippen LogP contribution is -2.22. The number of ether oxygens (including phenoxy) is 2. The van der Waals surface area contributed by atoms with Gasteiger partial charge >= 0.3 is 0 Å². The number of para-hydroxylation sites is 1. The van der Waals surface area contributed by atoms with Crippen molar-refractivity contribution in [2.75, 3.05) is 19.8 Å². The molecule has 0 bridgehead atoms. The van der Waals surface area contributed by atoms with E-state index in [0.29, 0.717) is 32.1 Å². The van der Waals surface area contributed by atoms with Crippen LogP contribution < -0.4 is 14.8 Å². The highest BCUT2D eigenvalue weighted by molar-refractivity contribution is 5.47. The molecule has 0 saturated heterocycles. The molecule has 0 aliphatic carbocycles. The number of hydrogen-bond acceptors (Lipinski definition) is 5. The molecule has 2 N–H and O–H groups in total. The summed E-state index contributed by atoms with van der Waals surface area (Å²) in [5, 5.41) is 13.1. The number of aliphatic hydroxyl groups is 1. The summed E-state index contributed by atoms with van der Waals surface area (Å²) < 4.78 is 16.3. The Bertz CT molecular complexity index is 553. The first-order chi connectivity index (χ1) is 9.84. The smallest absolute Gasteiger partial charge is 0.165 e. The van der Waals surface area contributed by atoms with Crippen LogP contribution in [0.4, 0.5) is 0 Å². The molecule has 1 aromatic carbocycles. The van der Waals surface area contributed by atoms with Crippen LogP contribution in [0.1, 0.15) is 17.4 Å². The molecule has 5 nitrogen and oxygen atoms in total. The first-order valence-corrected chi connectivity index (χ1v) is 6.64. The molecule has 0 fully saturated rings. The molecule has 1 aliphatic rings. The second-order valence-electron chi connectivity index (χ2n) is 4.60. The van der Waals surface area contributed by atoms with E-state index in [2.05, 4.69) is 5.32 Å². The van der Waals surface area contributed by atoms with Gasteiger partial charge in [-0.15, -0.1) is 0 Å². The third kappa shape index (κ3) is 2.79. The second-order valence-corrected chi connectivity index (χ2v) is 4.60. The van der Waals surface area contributed by atoms with Crippen molar-refractivity contribution >= 4 is 0 Å². The van der Waals surface area contributed by atoms with Gasteiger partial charge in [-0.1, -0.05) is 12.1 Å². The van der Waals surface area contributed by atoms with E-state index in [4.69, 9.17) is 13.9 Å². The molecule has 20 heavy (non-hydrogen) atoms. The van der Waals surface area contributed by atoms with E-state index in [1.165, 1.54) is 0 Å². The van der Waals surface area contributed by atoms with E-state index in [-0.39, 0.29) is 0 Å². The summed E-state index contributed by atoms with van der Waals surface area (Å²) in [7, 11) is 0. The highest BCUT2D eigenvalue weighted by Crippen LogP contribution is 2.33. The van der Waals surface area contributed by atoms with Crippen molar-refractivity contribution in [1.29, 1.82) is 0 Å². The van der Waals surface area contributed by atoms with Gasteiger partial charge in [0.1, 0.15) is 25.1 Å². The van der Waals surface area contributed by atoms with Crippen molar-refractivity contribution in [2.24, 2.45) is 0 Å². The number of fused-ring (bicyclic) bond motifs is 1. The van der Waals surface area contributed by atoms with Crippen LogP contribution in [-0.2, 0) is 6.54 Å². The summed E-state index contributed by atoms with van der Waals surface area (Å²) in [5.74, 6) is 2.13. The van der Waals surface area contributed by atoms with Crippen LogP contribution in [0, 0.1) is 0 Å². The maximum Gasteiger partial charge on any atom is 0.165 e. The van der Waals surface area contributed by atoms with E-state index in [1.807, 2.05) is 18.2 Å². The Morgan fingerprint density at radius 3 is 2.90 bits per heavy atom. The monoisotopic (exact) mass is 275 g/mol. The van der Waals surface area contributed by atoms with Crippen LogP contribution >= 0.6 is 0 Å². The molecule has 0 amide bonds. The average molecular weight is 275 g/mol. The molecule has 0 spiro atoms. The van der Waals surface area contributed by atoms with Crippen molar-refractivity contribution in [2.45, 2.75) is 12.6 Å². The Hall–Kier alpha value is -1.98. The van der Waals surface area contributed by atoms with Gasteiger partial charge in [-0.25, -0.2) is 0 Å². The van der Waals surface area contributed by atoms with Gasteiger partial charge in [0.15, 0.2) is 11.5 Å². The maximum absolute atomic E-state index is 9.91. The van der Waals surface area contributed by atoms with Crippen molar-refractivity contribution in [1.82, 2.24) is 5.32 Å². The van der Waals surface area contributed by atoms with E-state index in [1.54, 1.807) is 18.4 Å². The summed E-state index contributed by atoms with van der Waals surface area (Å²) in [4.78, 5) is 0. The molecular formula is C15H17NO4. The third-order valence-electron chi connectivity index (χ3n) is 3.17. The van der Waals surface area contributed by atoms with E-state index < -0.39 is 6.10 Å². The quantitative estimate of drug-likeness (QED) is 0.872. The van der Waals surface area contributed by atoms with Gasteiger partial charge in [-0.2, -0.15) is 0 Å². The molecule has 2 heterocycles. The number of hydrogen-bond donors (Lipinski definition) is 2. The lowest BCUT2D eigenvalue weighted by atomic mass is 10.1. The largest absolute Gasteiger partial charge is 0.486 e. The molecule has 0 saturated carbocycles. The van der Waals surface area contributed by atoms with Crippen molar-refractivity contribution in [3.05, 3.63) is 47.9 Å². The summed E-state index contributed by atoms with van der Waals surface area (Å²) in [5.41, 5.74) is 1.02. The van der Waals surface area contributed by atoms with E-state index >= 15 is 0 Å². The van der Waals surface area contributed by atoms with Gasteiger partial charge in [0.25, 0.3) is 0 Å². The standard InChI is InChI=1S/C15H17NO4/c17-12(13-5-2-6-18-13)10-16-9-11-3-1-4-14-15(11)20-8-7-19-14/h1-6,12,16-17H,7-10H2. The van der Waals surface area contributed by atoms with Crippen molar-refractivity contribution in [3.63, 3.8) is 0 Å². The Morgan fingerprint density at radius 1 is 1.15 bits per heavy atom. The Balaban J connectivity index is 1.59. The topological polar surface area (TPSA) is 63.9 Å². The minimum absolute atomic E-state index is 0.415. The summed E-state index contributed by atoms with van der Waals surface area (Å²) in [6.07, 6.45) is 0.902. The first kappa shape index (κ1) is 13.0. The van der Waals surface area contributed by atoms with Gasteiger partial charge in [0.05, 0.1) is 6.26 Å². The lowest BCUT2D eigenvalue weighted by Gasteiger charge is -2.21. The van der Waals surface area contributed by atoms with Gasteiger partial charge in [-0.05, 0) is 18.2 Å². The number of aliphatic hydroxyl groups excluding tert-OH is 1. The molecule has 2 aromatic rings. The fourth-order valence-electron chi connectivity index (χ4n) is 2.20. The molecule has 1 atom stereocenters. The summed E-state index contributed by atoms with van der Waals surface area (Å²) in [6.45, 7) is 2.17. The van der Waals surface area contributed by atoms with Gasteiger partial charge in [0, 0.05) is 18.7 Å². The Kier molecular flexibility index (Phi) is 3.90. The van der Waals surface area contributed by atoms with Crippen molar-refractivity contribution < 1.29 is 19.0 Å². The number of benzene rings is 1. The number of furan rings is 1. The molecule has 1 aromatic heterocycles. The van der Waals surface area contributed by atoms with Crippen LogP contribution in [0.3, 0.4) is 0 Å². The maximum atomic E-state index is 9.91. The predicted octanol–water partition coefficient (Wildman–Crippen LogP) is 1.87. The molecule has 3 rings (SSSR count). The van der Waals surface area contributed by atoms with Gasteiger partial charge in [0.2, 0.25) is 0 Å². The Labute approximate surface area is 117 Å². The lowest BCUT2D eigenvalue weighted by molar-refractivity contribution is 0.146. The average Bonchev–Trinajstić information content (AvgIpc) is 3.02. The molecule has 1 unspecified atom stereocenters. The zero-order chi connectivity index (χ0) is 13.8. The zero-order valence-corrected chi connectivity index (χ0v) is 11.0. The molecule has 1 aliphatic heterocycles.